The first kappa shape index (κ1) is 16.9. The maximum absolute atomic E-state index is 13.1. The Bertz CT molecular complexity index is 646. The smallest absolute Gasteiger partial charge is 0.312 e. The number of carbonyl (C=O) groups is 1. The third kappa shape index (κ3) is 3.00. The summed E-state index contributed by atoms with van der Waals surface area (Å²) in [5.41, 5.74) is -0.135. The monoisotopic (exact) mass is 374 g/mol. The minimum absolute atomic E-state index is 0.0686. The molecular weight excluding hydrogens is 348 g/mol. The van der Waals surface area contributed by atoms with Crippen LogP contribution in [0.25, 0.3) is 0 Å². The van der Waals surface area contributed by atoms with E-state index in [1.54, 1.807) is 6.20 Å². The maximum Gasteiger partial charge on any atom is 0.312 e. The van der Waals surface area contributed by atoms with Crippen molar-refractivity contribution in [3.8, 4) is 0 Å². The average molecular weight is 375 g/mol. The molecule has 0 atom stereocenters. The van der Waals surface area contributed by atoms with Gasteiger partial charge in [0, 0.05) is 32.1 Å². The molecule has 140 valence electrons. The van der Waals surface area contributed by atoms with Gasteiger partial charge in [0.05, 0.1) is 10.4 Å². The lowest BCUT2D eigenvalue weighted by Gasteiger charge is -2.55. The Morgan fingerprint density at radius 1 is 1.08 bits per heavy atom. The second kappa shape index (κ2) is 6.40. The normalized spacial score (nSPS) is 36.3. The fraction of sp³-hybridized carbons (Fsp3) is 0.714. The molecule has 6 rings (SSSR count). The fourth-order valence-electron chi connectivity index (χ4n) is 6.39. The second-order valence-electron chi connectivity index (χ2n) is 9.12. The van der Waals surface area contributed by atoms with Gasteiger partial charge in [-0.3, -0.25) is 4.79 Å². The first-order valence-corrected chi connectivity index (χ1v) is 10.5. The lowest BCUT2D eigenvalue weighted by atomic mass is 9.49. The van der Waals surface area contributed by atoms with E-state index < -0.39 is 0 Å². The third-order valence-corrected chi connectivity index (χ3v) is 7.45. The Morgan fingerprint density at radius 3 is 2.23 bits per heavy atom. The van der Waals surface area contributed by atoms with Crippen LogP contribution in [0, 0.1) is 23.2 Å². The topological polar surface area (TPSA) is 42.4 Å². The molecule has 0 unspecified atom stereocenters. The molecule has 26 heavy (non-hydrogen) atoms. The molecule has 5 aliphatic rings. The zero-order valence-corrected chi connectivity index (χ0v) is 16.0. The number of aromatic nitrogens is 1. The van der Waals surface area contributed by atoms with Crippen molar-refractivity contribution in [1.82, 2.24) is 4.98 Å². The average Bonchev–Trinajstić information content (AvgIpc) is 2.62. The highest BCUT2D eigenvalue weighted by atomic mass is 35.5. The van der Waals surface area contributed by atoms with Crippen molar-refractivity contribution in [2.24, 2.45) is 23.2 Å². The molecule has 4 bridgehead atoms. The van der Waals surface area contributed by atoms with E-state index in [2.05, 4.69) is 9.88 Å². The molecule has 0 amide bonds. The van der Waals surface area contributed by atoms with E-state index in [-0.39, 0.29) is 17.5 Å². The number of pyridine rings is 1. The van der Waals surface area contributed by atoms with Crippen LogP contribution in [0.15, 0.2) is 18.3 Å². The van der Waals surface area contributed by atoms with Crippen LogP contribution < -0.4 is 4.90 Å². The molecule has 1 aromatic rings. The minimum Gasteiger partial charge on any atom is -0.462 e. The van der Waals surface area contributed by atoms with Gasteiger partial charge in [-0.1, -0.05) is 11.6 Å². The highest BCUT2D eigenvalue weighted by Crippen LogP contribution is 2.60. The zero-order chi connectivity index (χ0) is 17.7. The van der Waals surface area contributed by atoms with Gasteiger partial charge in [0.1, 0.15) is 11.9 Å². The predicted molar refractivity (Wildman–Crippen MR) is 101 cm³/mol. The number of nitrogens with zero attached hydrogens (tertiary/aromatic N) is 2. The molecule has 0 aromatic carbocycles. The van der Waals surface area contributed by atoms with E-state index in [0.717, 1.165) is 68.8 Å². The van der Waals surface area contributed by atoms with Crippen LogP contribution in [-0.2, 0) is 9.53 Å². The maximum atomic E-state index is 13.1. The third-order valence-electron chi connectivity index (χ3n) is 7.22. The van der Waals surface area contributed by atoms with Gasteiger partial charge < -0.3 is 9.64 Å². The Kier molecular flexibility index (Phi) is 4.15. The molecule has 1 aliphatic heterocycles. The molecular formula is C21H27ClN2O2. The lowest BCUT2D eigenvalue weighted by molar-refractivity contribution is -0.177. The summed E-state index contributed by atoms with van der Waals surface area (Å²) in [7, 11) is 0. The van der Waals surface area contributed by atoms with Gasteiger partial charge in [-0.15, -0.1) is 0 Å². The highest BCUT2D eigenvalue weighted by molar-refractivity contribution is 6.30. The van der Waals surface area contributed by atoms with Crippen molar-refractivity contribution >= 4 is 23.4 Å². The fourth-order valence-corrected chi connectivity index (χ4v) is 6.51. The van der Waals surface area contributed by atoms with E-state index in [9.17, 15) is 4.79 Å². The molecule has 5 heteroatoms. The number of carbonyl (C=O) groups excluding carboxylic acids is 1. The number of esters is 1. The van der Waals surface area contributed by atoms with Crippen LogP contribution in [-0.4, -0.2) is 30.1 Å². The van der Waals surface area contributed by atoms with Crippen molar-refractivity contribution in [2.75, 3.05) is 18.0 Å². The standard InChI is InChI=1S/C21H27ClN2O2/c22-17-1-2-19(23-13-17)24-5-3-18(4-6-24)26-20(25)21-10-14-7-15(11-21)9-16(8-14)12-21/h1-2,13-16,18H,3-12H2. The summed E-state index contributed by atoms with van der Waals surface area (Å²) in [6, 6.07) is 3.84. The summed E-state index contributed by atoms with van der Waals surface area (Å²) >= 11 is 5.92. The Hall–Kier alpha value is -1.29. The van der Waals surface area contributed by atoms with Crippen LogP contribution in [0.3, 0.4) is 0 Å². The summed E-state index contributed by atoms with van der Waals surface area (Å²) in [6.45, 7) is 1.76. The van der Waals surface area contributed by atoms with Crippen molar-refractivity contribution < 1.29 is 9.53 Å². The number of hydrogen-bond donors (Lipinski definition) is 0. The number of hydrogen-bond acceptors (Lipinski definition) is 4. The largest absolute Gasteiger partial charge is 0.462 e. The number of anilines is 1. The molecule has 1 aromatic heterocycles. The van der Waals surface area contributed by atoms with Crippen molar-refractivity contribution in [1.29, 1.82) is 0 Å². The molecule has 0 radical (unpaired) electrons. The van der Waals surface area contributed by atoms with Crippen LogP contribution in [0.1, 0.15) is 51.4 Å². The lowest BCUT2D eigenvalue weighted by Crippen LogP contribution is -2.51. The Labute approximate surface area is 160 Å². The van der Waals surface area contributed by atoms with Gasteiger partial charge in [0.25, 0.3) is 0 Å². The summed E-state index contributed by atoms with van der Waals surface area (Å²) in [6.07, 6.45) is 10.9. The molecule has 4 nitrogen and oxygen atoms in total. The van der Waals surface area contributed by atoms with Gasteiger partial charge >= 0.3 is 5.97 Å². The molecule has 0 spiro atoms. The minimum atomic E-state index is -0.135. The summed E-state index contributed by atoms with van der Waals surface area (Å²) in [5.74, 6) is 3.44. The Morgan fingerprint density at radius 2 is 1.69 bits per heavy atom. The quantitative estimate of drug-likeness (QED) is 0.732. The van der Waals surface area contributed by atoms with E-state index in [1.165, 1.54) is 19.3 Å². The zero-order valence-electron chi connectivity index (χ0n) is 15.2. The van der Waals surface area contributed by atoms with Gasteiger partial charge in [-0.2, -0.15) is 0 Å². The first-order chi connectivity index (χ1) is 12.6. The van der Waals surface area contributed by atoms with Crippen LogP contribution >= 0.6 is 11.6 Å². The summed E-state index contributed by atoms with van der Waals surface area (Å²) in [5, 5.41) is 0.660. The van der Waals surface area contributed by atoms with Gasteiger partial charge in [-0.25, -0.2) is 4.98 Å². The second-order valence-corrected chi connectivity index (χ2v) is 9.56. The van der Waals surface area contributed by atoms with Crippen molar-refractivity contribution in [3.63, 3.8) is 0 Å². The van der Waals surface area contributed by atoms with Gasteiger partial charge in [-0.05, 0) is 68.4 Å². The van der Waals surface area contributed by atoms with E-state index in [0.29, 0.717) is 5.02 Å². The molecule has 0 N–H and O–H groups in total. The number of halogens is 1. The van der Waals surface area contributed by atoms with Gasteiger partial charge in [0.15, 0.2) is 0 Å². The first-order valence-electron chi connectivity index (χ1n) is 10.2. The molecule has 4 aliphatic carbocycles. The van der Waals surface area contributed by atoms with Crippen molar-refractivity contribution in [2.45, 2.75) is 57.5 Å². The van der Waals surface area contributed by atoms with Crippen LogP contribution in [0.4, 0.5) is 5.82 Å². The number of ether oxygens (including phenoxy) is 1. The molecule has 4 saturated carbocycles. The molecule has 2 heterocycles. The van der Waals surface area contributed by atoms with E-state index in [1.807, 2.05) is 12.1 Å². The highest BCUT2D eigenvalue weighted by Gasteiger charge is 2.55. The molecule has 1 saturated heterocycles. The number of piperidine rings is 1. The number of rotatable bonds is 3. The van der Waals surface area contributed by atoms with E-state index in [4.69, 9.17) is 16.3 Å². The van der Waals surface area contributed by atoms with E-state index >= 15 is 0 Å². The predicted octanol–water partition coefficient (Wildman–Crippen LogP) is 4.46. The van der Waals surface area contributed by atoms with Crippen LogP contribution in [0.2, 0.25) is 5.02 Å². The SMILES string of the molecule is O=C(OC1CCN(c2ccc(Cl)cn2)CC1)C12CC3CC(CC(C3)C1)C2. The van der Waals surface area contributed by atoms with Gasteiger partial charge in [0.2, 0.25) is 0 Å². The summed E-state index contributed by atoms with van der Waals surface area (Å²) < 4.78 is 6.07. The molecule has 5 fully saturated rings. The van der Waals surface area contributed by atoms with Crippen LogP contribution in [0.5, 0.6) is 0 Å². The Balaban J connectivity index is 1.19. The van der Waals surface area contributed by atoms with Crippen molar-refractivity contribution in [3.05, 3.63) is 23.4 Å². The summed E-state index contributed by atoms with van der Waals surface area (Å²) in [4.78, 5) is 19.7.